The molecule has 23 heavy (non-hydrogen) atoms. The number of rotatable bonds is 4. The van der Waals surface area contributed by atoms with Crippen LogP contribution in [0.25, 0.3) is 0 Å². The van der Waals surface area contributed by atoms with E-state index in [9.17, 15) is 22.4 Å². The number of carboxylic acid groups (broad SMARTS) is 1. The van der Waals surface area contributed by atoms with Crippen molar-refractivity contribution < 1.29 is 32.2 Å². The molecule has 0 fully saturated rings. The first-order valence-electron chi connectivity index (χ1n) is 6.20. The van der Waals surface area contributed by atoms with Crippen molar-refractivity contribution in [1.29, 1.82) is 0 Å². The molecule has 0 aliphatic carbocycles. The topological polar surface area (TPSA) is 46.5 Å². The average Bonchev–Trinajstić information content (AvgIpc) is 2.46. The summed E-state index contributed by atoms with van der Waals surface area (Å²) in [4.78, 5) is 10.8. The normalized spacial score (nSPS) is 11.3. The lowest BCUT2D eigenvalue weighted by atomic mass is 10.1. The molecule has 3 nitrogen and oxygen atoms in total. The molecule has 0 bridgehead atoms. The molecule has 0 amide bonds. The molecule has 1 N–H and O–H groups in total. The summed E-state index contributed by atoms with van der Waals surface area (Å²) in [6.07, 6.45) is -4.52. The fraction of sp³-hybridized carbons (Fsp3) is 0.133. The van der Waals surface area contributed by atoms with Crippen LogP contribution in [-0.2, 0) is 12.8 Å². The van der Waals surface area contributed by atoms with Crippen LogP contribution in [0.15, 0.2) is 36.4 Å². The summed E-state index contributed by atoms with van der Waals surface area (Å²) in [5, 5.41) is 8.58. The maximum absolute atomic E-state index is 13.3. The summed E-state index contributed by atoms with van der Waals surface area (Å²) >= 11 is 5.73. The van der Waals surface area contributed by atoms with Gasteiger partial charge in [-0.3, -0.25) is 0 Å². The first kappa shape index (κ1) is 17.1. The van der Waals surface area contributed by atoms with E-state index < -0.39 is 29.1 Å². The number of ether oxygens (including phenoxy) is 1. The summed E-state index contributed by atoms with van der Waals surface area (Å²) in [5.74, 6) is -2.33. The zero-order chi connectivity index (χ0) is 17.2. The molecular weight excluding hydrogens is 340 g/mol. The molecule has 0 atom stereocenters. The SMILES string of the molecule is O=C(O)c1cc(COc2ccc(C(F)(F)F)cc2Cl)ccc1F. The summed E-state index contributed by atoms with van der Waals surface area (Å²) in [7, 11) is 0. The van der Waals surface area contributed by atoms with E-state index in [1.165, 1.54) is 6.07 Å². The number of hydrogen-bond acceptors (Lipinski definition) is 2. The molecule has 0 saturated carbocycles. The van der Waals surface area contributed by atoms with Crippen molar-refractivity contribution in [3.63, 3.8) is 0 Å². The van der Waals surface area contributed by atoms with Crippen LogP contribution in [0.1, 0.15) is 21.5 Å². The van der Waals surface area contributed by atoms with Gasteiger partial charge < -0.3 is 9.84 Å². The number of carbonyl (C=O) groups is 1. The molecule has 0 aliphatic rings. The molecule has 0 saturated heterocycles. The second-order valence-electron chi connectivity index (χ2n) is 4.55. The molecule has 0 aliphatic heterocycles. The van der Waals surface area contributed by atoms with Crippen molar-refractivity contribution in [2.45, 2.75) is 12.8 Å². The Morgan fingerprint density at radius 1 is 1.17 bits per heavy atom. The van der Waals surface area contributed by atoms with Crippen LogP contribution in [0.4, 0.5) is 17.6 Å². The average molecular weight is 349 g/mol. The number of alkyl halides is 3. The Hall–Kier alpha value is -2.28. The minimum Gasteiger partial charge on any atom is -0.487 e. The van der Waals surface area contributed by atoms with Gasteiger partial charge in [0.25, 0.3) is 0 Å². The highest BCUT2D eigenvalue weighted by Gasteiger charge is 2.31. The monoisotopic (exact) mass is 348 g/mol. The van der Waals surface area contributed by atoms with Gasteiger partial charge in [-0.15, -0.1) is 0 Å². The second-order valence-corrected chi connectivity index (χ2v) is 4.96. The van der Waals surface area contributed by atoms with Crippen molar-refractivity contribution >= 4 is 17.6 Å². The standard InChI is InChI=1S/C15H9ClF4O3/c16-11-6-9(15(18,19)20)2-4-13(11)23-7-8-1-3-12(17)10(5-8)14(21)22/h1-6H,7H2,(H,21,22). The van der Waals surface area contributed by atoms with Gasteiger partial charge in [0.2, 0.25) is 0 Å². The van der Waals surface area contributed by atoms with Crippen molar-refractivity contribution in [2.75, 3.05) is 0 Å². The van der Waals surface area contributed by atoms with Crippen molar-refractivity contribution in [3.05, 3.63) is 63.9 Å². The van der Waals surface area contributed by atoms with Crippen molar-refractivity contribution in [1.82, 2.24) is 0 Å². The van der Waals surface area contributed by atoms with Gasteiger partial charge in [-0.05, 0) is 35.9 Å². The van der Waals surface area contributed by atoms with Gasteiger partial charge >= 0.3 is 12.1 Å². The Morgan fingerprint density at radius 3 is 2.43 bits per heavy atom. The first-order chi connectivity index (χ1) is 10.7. The minimum atomic E-state index is -4.52. The summed E-state index contributed by atoms with van der Waals surface area (Å²) < 4.78 is 56.1. The molecule has 0 heterocycles. The lowest BCUT2D eigenvalue weighted by Crippen LogP contribution is -2.06. The summed E-state index contributed by atoms with van der Waals surface area (Å²) in [6, 6.07) is 5.96. The van der Waals surface area contributed by atoms with E-state index in [0.717, 1.165) is 30.3 Å². The molecule has 2 aromatic rings. The zero-order valence-electron chi connectivity index (χ0n) is 11.3. The smallest absolute Gasteiger partial charge is 0.416 e. The number of carboxylic acids is 1. The van der Waals surface area contributed by atoms with Crippen LogP contribution >= 0.6 is 11.6 Å². The predicted molar refractivity (Wildman–Crippen MR) is 74.1 cm³/mol. The predicted octanol–water partition coefficient (Wildman–Crippen LogP) is 4.78. The lowest BCUT2D eigenvalue weighted by molar-refractivity contribution is -0.137. The van der Waals surface area contributed by atoms with Crippen LogP contribution in [-0.4, -0.2) is 11.1 Å². The largest absolute Gasteiger partial charge is 0.487 e. The summed E-state index contributed by atoms with van der Waals surface area (Å²) in [5.41, 5.74) is -1.10. The molecular formula is C15H9ClF4O3. The van der Waals surface area contributed by atoms with E-state index in [0.29, 0.717) is 5.56 Å². The Bertz CT molecular complexity index is 744. The second kappa shape index (κ2) is 6.45. The number of hydrogen-bond donors (Lipinski definition) is 1. The molecule has 2 aromatic carbocycles. The quantitative estimate of drug-likeness (QED) is 0.809. The summed E-state index contributed by atoms with van der Waals surface area (Å²) in [6.45, 7) is -0.175. The third-order valence-electron chi connectivity index (χ3n) is 2.91. The van der Waals surface area contributed by atoms with E-state index in [-0.39, 0.29) is 17.4 Å². The van der Waals surface area contributed by atoms with Crippen LogP contribution < -0.4 is 4.74 Å². The molecule has 0 unspecified atom stereocenters. The van der Waals surface area contributed by atoms with Crippen LogP contribution in [0, 0.1) is 5.82 Å². The van der Waals surface area contributed by atoms with Crippen molar-refractivity contribution in [2.24, 2.45) is 0 Å². The third kappa shape index (κ3) is 4.13. The Labute approximate surface area is 133 Å². The zero-order valence-corrected chi connectivity index (χ0v) is 12.1. The Balaban J connectivity index is 2.15. The Morgan fingerprint density at radius 2 is 1.87 bits per heavy atom. The molecule has 0 aromatic heterocycles. The molecule has 2 rings (SSSR count). The highest BCUT2D eigenvalue weighted by atomic mass is 35.5. The van der Waals surface area contributed by atoms with Gasteiger partial charge in [0, 0.05) is 0 Å². The maximum atomic E-state index is 13.3. The van der Waals surface area contributed by atoms with Crippen LogP contribution in [0.2, 0.25) is 5.02 Å². The van der Waals surface area contributed by atoms with Gasteiger partial charge in [-0.2, -0.15) is 13.2 Å². The van der Waals surface area contributed by atoms with E-state index in [1.54, 1.807) is 0 Å². The number of benzene rings is 2. The van der Waals surface area contributed by atoms with Gasteiger partial charge in [0.1, 0.15) is 18.2 Å². The number of halogens is 5. The molecule has 122 valence electrons. The van der Waals surface area contributed by atoms with Gasteiger partial charge in [-0.1, -0.05) is 17.7 Å². The highest BCUT2D eigenvalue weighted by Crippen LogP contribution is 2.34. The Kier molecular flexibility index (Phi) is 4.79. The van der Waals surface area contributed by atoms with Gasteiger partial charge in [-0.25, -0.2) is 9.18 Å². The third-order valence-corrected chi connectivity index (χ3v) is 3.21. The van der Waals surface area contributed by atoms with E-state index in [4.69, 9.17) is 21.4 Å². The lowest BCUT2D eigenvalue weighted by Gasteiger charge is -2.11. The van der Waals surface area contributed by atoms with Crippen LogP contribution in [0.5, 0.6) is 5.75 Å². The van der Waals surface area contributed by atoms with Crippen LogP contribution in [0.3, 0.4) is 0 Å². The molecule has 0 radical (unpaired) electrons. The maximum Gasteiger partial charge on any atom is 0.416 e. The van der Waals surface area contributed by atoms with E-state index >= 15 is 0 Å². The molecule has 0 spiro atoms. The number of aromatic carboxylic acids is 1. The molecule has 8 heteroatoms. The van der Waals surface area contributed by atoms with Gasteiger partial charge in [0.15, 0.2) is 0 Å². The fourth-order valence-corrected chi connectivity index (χ4v) is 2.02. The van der Waals surface area contributed by atoms with Gasteiger partial charge in [0.05, 0.1) is 16.1 Å². The van der Waals surface area contributed by atoms with Crippen molar-refractivity contribution in [3.8, 4) is 5.75 Å². The fourth-order valence-electron chi connectivity index (χ4n) is 1.78. The van der Waals surface area contributed by atoms with E-state index in [2.05, 4.69) is 0 Å². The highest BCUT2D eigenvalue weighted by molar-refractivity contribution is 6.32. The van der Waals surface area contributed by atoms with E-state index in [1.807, 2.05) is 0 Å². The minimum absolute atomic E-state index is 0.000802. The first-order valence-corrected chi connectivity index (χ1v) is 6.57.